The number of amides is 1. The number of aryl methyl sites for hydroxylation is 1. The highest BCUT2D eigenvalue weighted by molar-refractivity contribution is 5.99. The fourth-order valence-electron chi connectivity index (χ4n) is 3.89. The van der Waals surface area contributed by atoms with Crippen LogP contribution in [-0.4, -0.2) is 40.6 Å². The number of benzene rings is 1. The molecule has 1 aliphatic heterocycles. The van der Waals surface area contributed by atoms with E-state index < -0.39 is 11.0 Å². The van der Waals surface area contributed by atoms with Gasteiger partial charge in [0.25, 0.3) is 6.20 Å². The van der Waals surface area contributed by atoms with E-state index in [1.807, 2.05) is 19.1 Å². The van der Waals surface area contributed by atoms with Gasteiger partial charge in [-0.1, -0.05) is 0 Å². The first-order valence-corrected chi connectivity index (χ1v) is 10.6. The molecule has 1 saturated heterocycles. The van der Waals surface area contributed by atoms with E-state index in [1.165, 1.54) is 17.4 Å². The van der Waals surface area contributed by atoms with Crippen molar-refractivity contribution in [2.45, 2.75) is 32.2 Å². The van der Waals surface area contributed by atoms with Gasteiger partial charge in [0, 0.05) is 17.6 Å². The molecular formula is C23H24N4O6. The minimum atomic E-state index is -0.705. The number of nitrogens with one attached hydrogen (secondary N) is 2. The predicted octanol–water partition coefficient (Wildman–Crippen LogP) is 3.68. The zero-order valence-electron chi connectivity index (χ0n) is 18.1. The van der Waals surface area contributed by atoms with Crippen molar-refractivity contribution in [2.24, 2.45) is 0 Å². The van der Waals surface area contributed by atoms with Crippen molar-refractivity contribution in [2.75, 3.05) is 18.4 Å². The predicted molar refractivity (Wildman–Crippen MR) is 120 cm³/mol. The number of Topliss-reactive ketones (excluding diaryl/α,β-unsaturated/α-hetero) is 1. The van der Waals surface area contributed by atoms with Crippen LogP contribution in [0.5, 0.6) is 0 Å². The Bertz CT molecular complexity index is 1200. The van der Waals surface area contributed by atoms with Crippen molar-refractivity contribution in [3.8, 4) is 0 Å². The van der Waals surface area contributed by atoms with Crippen molar-refractivity contribution in [3.63, 3.8) is 0 Å². The lowest BCUT2D eigenvalue weighted by Gasteiger charge is -2.25. The number of likely N-dealkylation sites (tertiary alicyclic amines) is 1. The summed E-state index contributed by atoms with van der Waals surface area (Å²) in [7, 11) is 0. The number of hydrogen-bond acceptors (Lipinski definition) is 8. The standard InChI is InChI=1S/C23H24N4O6/c1-15-10-17-11-18(5-6-21(17)33-15)24-22(13-27(30)31)25-19-4-2-3-8-26(23(19)29)12-20(28)16-7-9-32-14-16/h5-7,9-11,13-14,19,24-25H,2-4,8,12H2,1H3/b22-13-. The molecule has 0 aliphatic carbocycles. The molecule has 1 aliphatic rings. The highest BCUT2D eigenvalue weighted by atomic mass is 16.6. The molecule has 10 nitrogen and oxygen atoms in total. The topological polar surface area (TPSA) is 131 Å². The number of carbonyl (C=O) groups excluding carboxylic acids is 2. The van der Waals surface area contributed by atoms with E-state index in [0.717, 1.165) is 30.2 Å². The van der Waals surface area contributed by atoms with Gasteiger partial charge in [0.1, 0.15) is 23.6 Å². The van der Waals surface area contributed by atoms with Crippen LogP contribution in [0.25, 0.3) is 11.0 Å². The SMILES string of the molecule is Cc1cc2cc(N/C(=C/[N+](=O)[O-])NC3CCCCN(CC(=O)c4ccoc4)C3=O)ccc2o1. The Hall–Kier alpha value is -4.08. The molecule has 3 aromatic rings. The summed E-state index contributed by atoms with van der Waals surface area (Å²) >= 11 is 0. The maximum Gasteiger partial charge on any atom is 0.274 e. The Labute approximate surface area is 189 Å². The summed E-state index contributed by atoms with van der Waals surface area (Å²) in [6.07, 6.45) is 5.52. The minimum absolute atomic E-state index is 0.0746. The second-order valence-electron chi connectivity index (χ2n) is 7.95. The van der Waals surface area contributed by atoms with Gasteiger partial charge in [0.05, 0.1) is 23.3 Å². The van der Waals surface area contributed by atoms with Gasteiger partial charge < -0.3 is 24.4 Å². The molecule has 0 spiro atoms. The van der Waals surface area contributed by atoms with Crippen LogP contribution in [0.4, 0.5) is 5.69 Å². The lowest BCUT2D eigenvalue weighted by molar-refractivity contribution is -0.403. The number of hydrogen-bond donors (Lipinski definition) is 2. The van der Waals surface area contributed by atoms with Crippen molar-refractivity contribution in [3.05, 3.63) is 76.3 Å². The number of nitro groups is 1. The molecule has 1 fully saturated rings. The number of furan rings is 2. The molecule has 2 N–H and O–H groups in total. The normalized spacial score (nSPS) is 17.1. The number of nitrogens with zero attached hydrogens (tertiary/aromatic N) is 2. The van der Waals surface area contributed by atoms with Crippen molar-refractivity contribution < 1.29 is 23.3 Å². The van der Waals surface area contributed by atoms with E-state index in [2.05, 4.69) is 10.6 Å². The number of rotatable bonds is 8. The van der Waals surface area contributed by atoms with Crippen LogP contribution in [0.2, 0.25) is 0 Å². The average molecular weight is 452 g/mol. The van der Waals surface area contributed by atoms with Crippen molar-refractivity contribution in [1.29, 1.82) is 0 Å². The number of ketones is 1. The summed E-state index contributed by atoms with van der Waals surface area (Å²) in [6.45, 7) is 2.21. The third-order valence-electron chi connectivity index (χ3n) is 5.44. The van der Waals surface area contributed by atoms with Crippen LogP contribution in [-0.2, 0) is 4.79 Å². The molecule has 4 rings (SSSR count). The summed E-state index contributed by atoms with van der Waals surface area (Å²) < 4.78 is 10.5. The van der Waals surface area contributed by atoms with Crippen LogP contribution >= 0.6 is 0 Å². The van der Waals surface area contributed by atoms with E-state index in [9.17, 15) is 19.7 Å². The Kier molecular flexibility index (Phi) is 6.43. The van der Waals surface area contributed by atoms with Crippen LogP contribution in [0, 0.1) is 17.0 Å². The Morgan fingerprint density at radius 1 is 1.30 bits per heavy atom. The molecule has 1 aromatic carbocycles. The first-order valence-electron chi connectivity index (χ1n) is 10.6. The van der Waals surface area contributed by atoms with Crippen molar-refractivity contribution >= 4 is 28.3 Å². The molecule has 0 saturated carbocycles. The lowest BCUT2D eigenvalue weighted by atomic mass is 10.1. The Morgan fingerprint density at radius 3 is 2.91 bits per heavy atom. The van der Waals surface area contributed by atoms with Gasteiger partial charge in [-0.15, -0.1) is 0 Å². The fraction of sp³-hybridized carbons (Fsp3) is 0.304. The maximum atomic E-state index is 13.2. The van der Waals surface area contributed by atoms with Crippen LogP contribution < -0.4 is 10.6 Å². The summed E-state index contributed by atoms with van der Waals surface area (Å²) in [6, 6.07) is 8.05. The zero-order valence-corrected chi connectivity index (χ0v) is 18.1. The second kappa shape index (κ2) is 9.60. The Morgan fingerprint density at radius 2 is 2.15 bits per heavy atom. The Balaban J connectivity index is 1.49. The van der Waals surface area contributed by atoms with Gasteiger partial charge in [0.15, 0.2) is 11.6 Å². The van der Waals surface area contributed by atoms with Gasteiger partial charge in [-0.25, -0.2) is 0 Å². The molecule has 0 radical (unpaired) electrons. The molecular weight excluding hydrogens is 428 g/mol. The maximum absolute atomic E-state index is 13.2. The largest absolute Gasteiger partial charge is 0.472 e. The fourth-order valence-corrected chi connectivity index (χ4v) is 3.89. The van der Waals surface area contributed by atoms with Gasteiger partial charge in [-0.2, -0.15) is 0 Å². The van der Waals surface area contributed by atoms with Crippen molar-refractivity contribution in [1.82, 2.24) is 10.2 Å². The van der Waals surface area contributed by atoms with E-state index in [-0.39, 0.29) is 24.1 Å². The van der Waals surface area contributed by atoms with Gasteiger partial charge >= 0.3 is 0 Å². The summed E-state index contributed by atoms with van der Waals surface area (Å²) in [5.74, 6) is 0.346. The van der Waals surface area contributed by atoms with E-state index in [0.29, 0.717) is 29.8 Å². The molecule has 10 heteroatoms. The number of carbonyl (C=O) groups is 2. The first kappa shape index (κ1) is 22.1. The van der Waals surface area contributed by atoms with E-state index >= 15 is 0 Å². The highest BCUT2D eigenvalue weighted by Crippen LogP contribution is 2.23. The van der Waals surface area contributed by atoms with Crippen LogP contribution in [0.1, 0.15) is 35.4 Å². The molecule has 1 atom stereocenters. The summed E-state index contributed by atoms with van der Waals surface area (Å²) in [5.41, 5.74) is 1.72. The number of fused-ring (bicyclic) bond motifs is 1. The third kappa shape index (κ3) is 5.40. The monoisotopic (exact) mass is 452 g/mol. The molecule has 2 aromatic heterocycles. The van der Waals surface area contributed by atoms with Crippen LogP contribution in [0.15, 0.2) is 63.7 Å². The molecule has 0 bridgehead atoms. The second-order valence-corrected chi connectivity index (χ2v) is 7.95. The van der Waals surface area contributed by atoms with Gasteiger partial charge in [-0.3, -0.25) is 19.7 Å². The molecule has 3 heterocycles. The van der Waals surface area contributed by atoms with Crippen LogP contribution in [0.3, 0.4) is 0 Å². The lowest BCUT2D eigenvalue weighted by Crippen LogP contribution is -2.47. The molecule has 1 unspecified atom stereocenters. The first-order chi connectivity index (χ1) is 15.9. The summed E-state index contributed by atoms with van der Waals surface area (Å²) in [4.78, 5) is 37.8. The zero-order chi connectivity index (χ0) is 23.4. The van der Waals surface area contributed by atoms with E-state index in [4.69, 9.17) is 8.83 Å². The average Bonchev–Trinajstić information content (AvgIpc) is 3.39. The minimum Gasteiger partial charge on any atom is -0.472 e. The molecule has 172 valence electrons. The quantitative estimate of drug-likeness (QED) is 0.301. The van der Waals surface area contributed by atoms with Gasteiger partial charge in [-0.05, 0) is 56.5 Å². The van der Waals surface area contributed by atoms with Gasteiger partial charge in [0.2, 0.25) is 5.91 Å². The highest BCUT2D eigenvalue weighted by Gasteiger charge is 2.29. The third-order valence-corrected chi connectivity index (χ3v) is 5.44. The van der Waals surface area contributed by atoms with E-state index in [1.54, 1.807) is 18.2 Å². The smallest absolute Gasteiger partial charge is 0.274 e. The number of anilines is 1. The molecule has 1 amide bonds. The summed E-state index contributed by atoms with van der Waals surface area (Å²) in [5, 5.41) is 18.1. The molecule has 33 heavy (non-hydrogen) atoms.